The van der Waals surface area contributed by atoms with E-state index in [-0.39, 0.29) is 22.8 Å². The number of hydrogen-bond donors (Lipinski definition) is 3. The third kappa shape index (κ3) is 2.50. The van der Waals surface area contributed by atoms with Gasteiger partial charge < -0.3 is 24.8 Å². The summed E-state index contributed by atoms with van der Waals surface area (Å²) in [6, 6.07) is 7.61. The summed E-state index contributed by atoms with van der Waals surface area (Å²) in [6.07, 6.45) is 1.06. The monoisotopic (exact) mass is 354 g/mol. The molecule has 0 unspecified atom stereocenters. The lowest BCUT2D eigenvalue weighted by Crippen LogP contribution is -2.36. The van der Waals surface area contributed by atoms with Crippen LogP contribution < -0.4 is 9.47 Å². The highest BCUT2D eigenvalue weighted by molar-refractivity contribution is 6.06. The Hall–Kier alpha value is -2.99. The van der Waals surface area contributed by atoms with Crippen LogP contribution in [0.15, 0.2) is 36.4 Å². The van der Waals surface area contributed by atoms with Gasteiger partial charge in [-0.25, -0.2) is 0 Å². The van der Waals surface area contributed by atoms with Gasteiger partial charge in [0.1, 0.15) is 34.2 Å². The Balaban J connectivity index is 1.81. The molecule has 2 atom stereocenters. The van der Waals surface area contributed by atoms with Crippen LogP contribution in [0.1, 0.15) is 41.4 Å². The van der Waals surface area contributed by atoms with Gasteiger partial charge in [-0.15, -0.1) is 0 Å². The highest BCUT2D eigenvalue weighted by Crippen LogP contribution is 2.47. The summed E-state index contributed by atoms with van der Waals surface area (Å²) >= 11 is 0. The minimum Gasteiger partial charge on any atom is -0.508 e. The van der Waals surface area contributed by atoms with Crippen LogP contribution >= 0.6 is 0 Å². The van der Waals surface area contributed by atoms with Gasteiger partial charge in [-0.1, -0.05) is 12.1 Å². The molecule has 0 fully saturated rings. The Labute approximate surface area is 149 Å². The van der Waals surface area contributed by atoms with E-state index in [9.17, 15) is 20.1 Å². The molecule has 2 aliphatic heterocycles. The summed E-state index contributed by atoms with van der Waals surface area (Å²) < 4.78 is 11.7. The van der Waals surface area contributed by atoms with E-state index in [1.54, 1.807) is 30.4 Å². The molecule has 2 aromatic carbocycles. The first-order valence-electron chi connectivity index (χ1n) is 8.23. The average Bonchev–Trinajstić information content (AvgIpc) is 2.57. The molecule has 0 saturated heterocycles. The maximum Gasteiger partial charge on any atom is 0.202 e. The van der Waals surface area contributed by atoms with Crippen LogP contribution in [0.5, 0.6) is 23.0 Å². The Morgan fingerprint density at radius 2 is 1.77 bits per heavy atom. The van der Waals surface area contributed by atoms with Crippen molar-refractivity contribution in [1.82, 2.24) is 0 Å². The number of ketones is 1. The second-order valence-corrected chi connectivity index (χ2v) is 6.99. The SMILES string of the molecule is CC1(C)C=Cc2c(cc3c(c2O)C(=O)[C@H](O)[C@@H](c2ccc(O)cc2)O3)O1. The van der Waals surface area contributed by atoms with E-state index in [1.807, 2.05) is 13.8 Å². The number of phenolic OH excluding ortho intramolecular Hbond substituents is 2. The van der Waals surface area contributed by atoms with Crippen molar-refractivity contribution in [2.24, 2.45) is 0 Å². The standard InChI is InChI=1S/C20H18O6/c1-20(2)8-7-12-13(26-20)9-14-15(16(12)22)17(23)18(24)19(25-14)10-3-5-11(21)6-4-10/h3-9,18-19,21-22,24H,1-2H3/t18-,19+/m0/s1. The van der Waals surface area contributed by atoms with Crippen LogP contribution in [-0.4, -0.2) is 32.8 Å². The summed E-state index contributed by atoms with van der Waals surface area (Å²) in [6.45, 7) is 3.75. The molecule has 4 rings (SSSR count). The Kier molecular flexibility index (Phi) is 3.49. The molecule has 26 heavy (non-hydrogen) atoms. The number of hydrogen-bond acceptors (Lipinski definition) is 6. The van der Waals surface area contributed by atoms with Gasteiger partial charge in [0.05, 0.1) is 5.56 Å². The number of rotatable bonds is 1. The number of benzene rings is 2. The predicted molar refractivity (Wildman–Crippen MR) is 93.7 cm³/mol. The topological polar surface area (TPSA) is 96.2 Å². The second-order valence-electron chi connectivity index (χ2n) is 6.99. The molecule has 0 bridgehead atoms. The summed E-state index contributed by atoms with van der Waals surface area (Å²) in [4.78, 5) is 12.7. The summed E-state index contributed by atoms with van der Waals surface area (Å²) in [5, 5.41) is 30.4. The predicted octanol–water partition coefficient (Wildman–Crippen LogP) is 2.96. The molecule has 6 heteroatoms. The third-order valence-corrected chi connectivity index (χ3v) is 4.57. The van der Waals surface area contributed by atoms with Gasteiger partial charge in [-0.2, -0.15) is 0 Å². The smallest absolute Gasteiger partial charge is 0.202 e. The Morgan fingerprint density at radius 3 is 2.46 bits per heavy atom. The lowest BCUT2D eigenvalue weighted by Gasteiger charge is -2.33. The summed E-state index contributed by atoms with van der Waals surface area (Å²) in [7, 11) is 0. The van der Waals surface area contributed by atoms with E-state index >= 15 is 0 Å². The number of fused-ring (bicyclic) bond motifs is 2. The zero-order valence-corrected chi connectivity index (χ0v) is 14.3. The molecule has 2 aromatic rings. The van der Waals surface area contributed by atoms with Gasteiger partial charge in [0, 0.05) is 6.07 Å². The maximum absolute atomic E-state index is 12.7. The number of carbonyl (C=O) groups is 1. The molecule has 2 aliphatic rings. The van der Waals surface area contributed by atoms with Gasteiger partial charge >= 0.3 is 0 Å². The number of aliphatic hydroxyl groups is 1. The Morgan fingerprint density at radius 1 is 1.08 bits per heavy atom. The van der Waals surface area contributed by atoms with E-state index in [2.05, 4.69) is 0 Å². The average molecular weight is 354 g/mol. The first kappa shape index (κ1) is 16.5. The fourth-order valence-corrected chi connectivity index (χ4v) is 3.22. The van der Waals surface area contributed by atoms with Crippen LogP contribution in [0.4, 0.5) is 0 Å². The lowest BCUT2D eigenvalue weighted by atomic mass is 9.90. The number of ether oxygens (including phenoxy) is 2. The van der Waals surface area contributed by atoms with Crippen LogP contribution in [0.2, 0.25) is 0 Å². The van der Waals surface area contributed by atoms with Crippen molar-refractivity contribution in [2.45, 2.75) is 31.7 Å². The van der Waals surface area contributed by atoms with Crippen molar-refractivity contribution < 1.29 is 29.6 Å². The van der Waals surface area contributed by atoms with Crippen molar-refractivity contribution in [3.05, 3.63) is 53.1 Å². The number of aromatic hydroxyl groups is 2. The van der Waals surface area contributed by atoms with E-state index in [0.717, 1.165) is 0 Å². The molecule has 0 radical (unpaired) electrons. The largest absolute Gasteiger partial charge is 0.508 e. The number of aliphatic hydroxyl groups excluding tert-OH is 1. The van der Waals surface area contributed by atoms with E-state index in [1.165, 1.54) is 12.1 Å². The van der Waals surface area contributed by atoms with Gasteiger partial charge in [0.2, 0.25) is 5.78 Å². The van der Waals surface area contributed by atoms with Crippen LogP contribution in [-0.2, 0) is 0 Å². The number of phenols is 2. The second kappa shape index (κ2) is 5.51. The maximum atomic E-state index is 12.7. The van der Waals surface area contributed by atoms with Gasteiger partial charge in [-0.05, 0) is 43.7 Å². The molecule has 0 saturated carbocycles. The van der Waals surface area contributed by atoms with E-state index in [0.29, 0.717) is 16.9 Å². The van der Waals surface area contributed by atoms with Crippen molar-refractivity contribution >= 4 is 11.9 Å². The fraction of sp³-hybridized carbons (Fsp3) is 0.250. The molecule has 6 nitrogen and oxygen atoms in total. The van der Waals surface area contributed by atoms with Crippen LogP contribution in [0, 0.1) is 0 Å². The molecule has 0 aliphatic carbocycles. The van der Waals surface area contributed by atoms with E-state index in [4.69, 9.17) is 9.47 Å². The molecular weight excluding hydrogens is 336 g/mol. The van der Waals surface area contributed by atoms with Crippen molar-refractivity contribution in [3.63, 3.8) is 0 Å². The molecule has 3 N–H and O–H groups in total. The molecule has 0 spiro atoms. The van der Waals surface area contributed by atoms with Crippen molar-refractivity contribution in [1.29, 1.82) is 0 Å². The zero-order chi connectivity index (χ0) is 18.6. The van der Waals surface area contributed by atoms with Gasteiger partial charge in [-0.3, -0.25) is 4.79 Å². The van der Waals surface area contributed by atoms with Crippen molar-refractivity contribution in [3.8, 4) is 23.0 Å². The zero-order valence-electron chi connectivity index (χ0n) is 14.3. The summed E-state index contributed by atoms with van der Waals surface area (Å²) in [5.41, 5.74) is 0.310. The minimum absolute atomic E-state index is 0.0563. The minimum atomic E-state index is -1.47. The molecule has 134 valence electrons. The van der Waals surface area contributed by atoms with Gasteiger partial charge in [0.25, 0.3) is 0 Å². The van der Waals surface area contributed by atoms with E-state index < -0.39 is 23.6 Å². The molecule has 0 aromatic heterocycles. The van der Waals surface area contributed by atoms with Crippen LogP contribution in [0.3, 0.4) is 0 Å². The normalized spacial score (nSPS) is 22.8. The quantitative estimate of drug-likeness (QED) is 0.729. The van der Waals surface area contributed by atoms with Gasteiger partial charge in [0.15, 0.2) is 12.2 Å². The highest BCUT2D eigenvalue weighted by Gasteiger charge is 2.41. The Bertz CT molecular complexity index is 926. The first-order valence-corrected chi connectivity index (χ1v) is 8.23. The number of carbonyl (C=O) groups excluding carboxylic acids is 1. The highest BCUT2D eigenvalue weighted by atomic mass is 16.5. The summed E-state index contributed by atoms with van der Waals surface area (Å²) in [5.74, 6) is -0.261. The van der Waals surface area contributed by atoms with Crippen molar-refractivity contribution in [2.75, 3.05) is 0 Å². The number of Topliss-reactive ketones (excluding diaryl/α,β-unsaturated/α-hetero) is 1. The third-order valence-electron chi connectivity index (χ3n) is 4.57. The fourth-order valence-electron chi connectivity index (χ4n) is 3.22. The first-order chi connectivity index (χ1) is 12.3. The molecule has 0 amide bonds. The lowest BCUT2D eigenvalue weighted by molar-refractivity contribution is 0.0208. The van der Waals surface area contributed by atoms with Crippen LogP contribution in [0.25, 0.3) is 6.08 Å². The molecule has 2 heterocycles. The molecular formula is C20H18O6.